The van der Waals surface area contributed by atoms with Crippen LogP contribution in [0.2, 0.25) is 0 Å². The average molecular weight is 402 g/mol. The van der Waals surface area contributed by atoms with Gasteiger partial charge in [-0.1, -0.05) is 53.5 Å². The molecule has 0 aliphatic carbocycles. The molecule has 23 heavy (non-hydrogen) atoms. The Kier molecular flexibility index (Phi) is 6.35. The second-order valence-corrected chi connectivity index (χ2v) is 8.87. The first-order valence-electron chi connectivity index (χ1n) is 7.57. The second-order valence-electron chi connectivity index (χ2n) is 7.86. The summed E-state index contributed by atoms with van der Waals surface area (Å²) in [6.07, 6.45) is 0. The van der Waals surface area contributed by atoms with Crippen LogP contribution in [0.4, 0.5) is 0 Å². The molecular formula is C17H28BrN3OS. The lowest BCUT2D eigenvalue weighted by molar-refractivity contribution is 0.423. The van der Waals surface area contributed by atoms with Crippen LogP contribution < -0.4 is 5.84 Å². The molecule has 4 nitrogen and oxygen atoms in total. The zero-order valence-corrected chi connectivity index (χ0v) is 17.3. The van der Waals surface area contributed by atoms with E-state index < -0.39 is 0 Å². The van der Waals surface area contributed by atoms with Gasteiger partial charge in [0, 0.05) is 11.1 Å². The summed E-state index contributed by atoms with van der Waals surface area (Å²) in [7, 11) is 0. The van der Waals surface area contributed by atoms with Gasteiger partial charge in [-0.15, -0.1) is 17.0 Å². The third-order valence-corrected chi connectivity index (χ3v) is 4.68. The van der Waals surface area contributed by atoms with Gasteiger partial charge in [-0.05, 0) is 28.5 Å². The normalized spacial score (nSPS) is 16.7. The highest BCUT2D eigenvalue weighted by molar-refractivity contribution is 8.93. The average Bonchev–Trinajstić information content (AvgIpc) is 2.37. The fourth-order valence-electron chi connectivity index (χ4n) is 2.50. The number of nitrogens with two attached hydrogens (primary N) is 1. The van der Waals surface area contributed by atoms with Crippen molar-refractivity contribution in [2.24, 2.45) is 10.8 Å². The van der Waals surface area contributed by atoms with Gasteiger partial charge in [0.25, 0.3) is 0 Å². The summed E-state index contributed by atoms with van der Waals surface area (Å²) in [5.41, 5.74) is 3.83. The number of hydrogen-bond acceptors (Lipinski definition) is 5. The molecule has 1 aliphatic rings. The van der Waals surface area contributed by atoms with E-state index in [1.165, 1.54) is 0 Å². The van der Waals surface area contributed by atoms with Crippen molar-refractivity contribution in [1.82, 2.24) is 4.41 Å². The number of benzene rings is 1. The van der Waals surface area contributed by atoms with Crippen LogP contribution in [0.1, 0.15) is 58.2 Å². The minimum absolute atomic E-state index is 0. The molecule has 0 atom stereocenters. The molecule has 1 aromatic carbocycles. The Morgan fingerprint density at radius 2 is 1.57 bits per heavy atom. The number of hydrogen-bond donors (Lipinski definition) is 2. The van der Waals surface area contributed by atoms with E-state index in [0.717, 1.165) is 28.2 Å². The van der Waals surface area contributed by atoms with Gasteiger partial charge in [-0.3, -0.25) is 10.8 Å². The second kappa shape index (κ2) is 7.13. The number of aliphatic imine (C=N–C) groups is 1. The fourth-order valence-corrected chi connectivity index (χ4v) is 3.19. The van der Waals surface area contributed by atoms with E-state index in [2.05, 4.69) is 58.7 Å². The van der Waals surface area contributed by atoms with Crippen molar-refractivity contribution in [3.05, 3.63) is 28.8 Å². The first-order chi connectivity index (χ1) is 10.00. The molecule has 1 heterocycles. The summed E-state index contributed by atoms with van der Waals surface area (Å²) in [4.78, 5) is 4.57. The number of halogens is 1. The number of phenols is 1. The van der Waals surface area contributed by atoms with E-state index >= 15 is 0 Å². The molecule has 2 rings (SSSR count). The zero-order chi connectivity index (χ0) is 16.7. The van der Waals surface area contributed by atoms with E-state index in [4.69, 9.17) is 5.84 Å². The highest BCUT2D eigenvalue weighted by Gasteiger charge is 2.27. The molecular weight excluding hydrogens is 374 g/mol. The SMILES string of the molecule is Br.CC(C)(C)c1cc(C2=NCN(N)SC2)cc(C(C)(C)C)c1O. The molecule has 3 N–H and O–H groups in total. The molecule has 0 spiro atoms. The van der Waals surface area contributed by atoms with Crippen LogP contribution in [-0.4, -0.2) is 27.7 Å². The Morgan fingerprint density at radius 1 is 1.09 bits per heavy atom. The minimum Gasteiger partial charge on any atom is -0.507 e. The number of hydrazine groups is 1. The van der Waals surface area contributed by atoms with Crippen LogP contribution in [0.5, 0.6) is 5.75 Å². The van der Waals surface area contributed by atoms with E-state index in [9.17, 15) is 5.11 Å². The van der Waals surface area contributed by atoms with Crippen LogP contribution in [-0.2, 0) is 10.8 Å². The quantitative estimate of drug-likeness (QED) is 0.547. The number of aromatic hydroxyl groups is 1. The summed E-state index contributed by atoms with van der Waals surface area (Å²) < 4.78 is 1.64. The molecule has 0 bridgehead atoms. The van der Waals surface area contributed by atoms with Gasteiger partial charge in [0.1, 0.15) is 12.4 Å². The lowest BCUT2D eigenvalue weighted by Crippen LogP contribution is -2.30. The van der Waals surface area contributed by atoms with Gasteiger partial charge in [0.2, 0.25) is 0 Å². The standard InChI is InChI=1S/C17H27N3OS.BrH/c1-16(2,3)12-7-11(14-9-22-20(18)10-19-14)8-13(15(12)21)17(4,5)6;/h7-8,21H,9-10,18H2,1-6H3;1H. The van der Waals surface area contributed by atoms with Gasteiger partial charge in [-0.2, -0.15) is 4.41 Å². The Balaban J connectivity index is 0.00000264. The number of nitrogens with zero attached hydrogens (tertiary/aromatic N) is 2. The molecule has 130 valence electrons. The highest BCUT2D eigenvalue weighted by Crippen LogP contribution is 2.40. The molecule has 6 heteroatoms. The van der Waals surface area contributed by atoms with Crippen molar-refractivity contribution >= 4 is 34.6 Å². The summed E-state index contributed by atoms with van der Waals surface area (Å²) in [5.74, 6) is 6.92. The van der Waals surface area contributed by atoms with E-state index in [0.29, 0.717) is 12.4 Å². The minimum atomic E-state index is -0.123. The molecule has 0 amide bonds. The zero-order valence-electron chi connectivity index (χ0n) is 14.8. The maximum absolute atomic E-state index is 10.8. The maximum Gasteiger partial charge on any atom is 0.123 e. The number of phenolic OH excluding ortho intramolecular Hbond substituents is 1. The van der Waals surface area contributed by atoms with Crippen molar-refractivity contribution in [3.8, 4) is 5.75 Å². The highest BCUT2D eigenvalue weighted by atomic mass is 79.9. The molecule has 0 aromatic heterocycles. The van der Waals surface area contributed by atoms with Crippen LogP contribution >= 0.6 is 28.9 Å². The van der Waals surface area contributed by atoms with Crippen LogP contribution in [0.15, 0.2) is 17.1 Å². The monoisotopic (exact) mass is 401 g/mol. The largest absolute Gasteiger partial charge is 0.507 e. The molecule has 0 saturated heterocycles. The van der Waals surface area contributed by atoms with Crippen molar-refractivity contribution in [1.29, 1.82) is 0 Å². The van der Waals surface area contributed by atoms with Gasteiger partial charge in [0.15, 0.2) is 0 Å². The van der Waals surface area contributed by atoms with Crippen molar-refractivity contribution in [3.63, 3.8) is 0 Å². The smallest absolute Gasteiger partial charge is 0.123 e. The van der Waals surface area contributed by atoms with Gasteiger partial charge >= 0.3 is 0 Å². The lowest BCUT2D eigenvalue weighted by Gasteiger charge is -2.29. The topological polar surface area (TPSA) is 61.8 Å². The van der Waals surface area contributed by atoms with Crippen molar-refractivity contribution in [2.75, 3.05) is 12.4 Å². The van der Waals surface area contributed by atoms with Crippen LogP contribution in [0, 0.1) is 0 Å². The third-order valence-electron chi connectivity index (χ3n) is 3.83. The third kappa shape index (κ3) is 4.72. The van der Waals surface area contributed by atoms with Crippen LogP contribution in [0.3, 0.4) is 0 Å². The van der Waals surface area contributed by atoms with E-state index in [1.54, 1.807) is 16.4 Å². The summed E-state index contributed by atoms with van der Waals surface area (Å²) in [6.45, 7) is 13.2. The molecule has 1 aliphatic heterocycles. The molecule has 0 radical (unpaired) electrons. The lowest BCUT2D eigenvalue weighted by atomic mass is 9.78. The Bertz CT molecular complexity index is 568. The van der Waals surface area contributed by atoms with Crippen molar-refractivity contribution < 1.29 is 5.11 Å². The fraction of sp³-hybridized carbons (Fsp3) is 0.588. The van der Waals surface area contributed by atoms with E-state index in [-0.39, 0.29) is 27.8 Å². The Morgan fingerprint density at radius 3 is 1.91 bits per heavy atom. The molecule has 0 saturated carbocycles. The van der Waals surface area contributed by atoms with Gasteiger partial charge in [0.05, 0.1) is 11.5 Å². The predicted molar refractivity (Wildman–Crippen MR) is 106 cm³/mol. The van der Waals surface area contributed by atoms with Gasteiger partial charge < -0.3 is 5.11 Å². The van der Waals surface area contributed by atoms with Gasteiger partial charge in [-0.25, -0.2) is 0 Å². The molecule has 0 fully saturated rings. The summed E-state index contributed by atoms with van der Waals surface area (Å²) >= 11 is 1.57. The number of rotatable bonds is 1. The first-order valence-corrected chi connectivity index (χ1v) is 8.51. The molecule has 0 unspecified atom stereocenters. The van der Waals surface area contributed by atoms with Crippen molar-refractivity contribution in [2.45, 2.75) is 52.4 Å². The Hall–Kier alpha value is -0.560. The molecule has 1 aromatic rings. The predicted octanol–water partition coefficient (Wildman–Crippen LogP) is 4.15. The Labute approximate surface area is 154 Å². The maximum atomic E-state index is 10.8. The summed E-state index contributed by atoms with van der Waals surface area (Å²) in [6, 6.07) is 4.16. The van der Waals surface area contributed by atoms with Crippen LogP contribution in [0.25, 0.3) is 0 Å². The summed E-state index contributed by atoms with van der Waals surface area (Å²) in [5, 5.41) is 10.8. The van der Waals surface area contributed by atoms with E-state index in [1.807, 2.05) is 0 Å². The first kappa shape index (κ1) is 20.5.